The van der Waals surface area contributed by atoms with E-state index in [0.29, 0.717) is 10.0 Å². The van der Waals surface area contributed by atoms with Crippen LogP contribution in [0.25, 0.3) is 0 Å². The molecule has 0 heterocycles. The number of carbonyl (C=O) groups is 2. The van der Waals surface area contributed by atoms with Crippen LogP contribution in [0.5, 0.6) is 0 Å². The Kier molecular flexibility index (Phi) is 6.15. The third-order valence-electron chi connectivity index (χ3n) is 3.84. The molecule has 0 spiro atoms. The minimum absolute atomic E-state index is 0.154. The van der Waals surface area contributed by atoms with Gasteiger partial charge in [-0.15, -0.1) is 0 Å². The van der Waals surface area contributed by atoms with Gasteiger partial charge in [0, 0.05) is 4.47 Å². The van der Waals surface area contributed by atoms with Crippen molar-refractivity contribution in [1.29, 1.82) is 0 Å². The smallest absolute Gasteiger partial charge is 0.339 e. The summed E-state index contributed by atoms with van der Waals surface area (Å²) in [6.07, 6.45) is 0. The Hall–Kier alpha value is -2.14. The maximum absolute atomic E-state index is 12.0. The zero-order chi connectivity index (χ0) is 17.7. The van der Waals surface area contributed by atoms with Gasteiger partial charge >= 0.3 is 5.97 Å². The van der Waals surface area contributed by atoms with Gasteiger partial charge in [0.05, 0.1) is 11.6 Å². The normalized spacial score (nSPS) is 11.7. The number of hydrogen-bond donors (Lipinski definition) is 1. The third kappa shape index (κ3) is 4.68. The van der Waals surface area contributed by atoms with E-state index in [4.69, 9.17) is 4.74 Å². The van der Waals surface area contributed by atoms with Crippen molar-refractivity contribution in [1.82, 2.24) is 5.32 Å². The van der Waals surface area contributed by atoms with Crippen molar-refractivity contribution in [2.24, 2.45) is 0 Å². The first-order valence-electron chi connectivity index (χ1n) is 7.66. The average Bonchev–Trinajstić information content (AvgIpc) is 2.55. The van der Waals surface area contributed by atoms with E-state index >= 15 is 0 Å². The second-order valence-corrected chi connectivity index (χ2v) is 6.54. The van der Waals surface area contributed by atoms with Crippen LogP contribution < -0.4 is 5.32 Å². The Morgan fingerprint density at radius 2 is 1.83 bits per heavy atom. The van der Waals surface area contributed by atoms with Crippen LogP contribution in [0, 0.1) is 13.8 Å². The standard InChI is InChI=1S/C19H20BrNO3/c1-12-8-9-15(10-13(12)2)14(3)21-18(22)11-24-19(23)16-6-4-5-7-17(16)20/h4-10,14H,11H2,1-3H3,(H,21,22)/t14-/m1/s1. The first kappa shape index (κ1) is 18.2. The Bertz CT molecular complexity index is 758. The van der Waals surface area contributed by atoms with E-state index in [-0.39, 0.29) is 18.6 Å². The molecular formula is C19H20BrNO3. The summed E-state index contributed by atoms with van der Waals surface area (Å²) >= 11 is 3.29. The fraction of sp³-hybridized carbons (Fsp3) is 0.263. The van der Waals surface area contributed by atoms with Gasteiger partial charge in [-0.1, -0.05) is 30.3 Å². The van der Waals surface area contributed by atoms with Crippen molar-refractivity contribution >= 4 is 27.8 Å². The maximum atomic E-state index is 12.0. The van der Waals surface area contributed by atoms with Crippen molar-refractivity contribution in [2.45, 2.75) is 26.8 Å². The van der Waals surface area contributed by atoms with Crippen LogP contribution >= 0.6 is 15.9 Å². The van der Waals surface area contributed by atoms with E-state index in [9.17, 15) is 9.59 Å². The number of nitrogens with one attached hydrogen (secondary N) is 1. The number of aryl methyl sites for hydroxylation is 2. The predicted molar refractivity (Wildman–Crippen MR) is 96.9 cm³/mol. The lowest BCUT2D eigenvalue weighted by Crippen LogP contribution is -2.31. The van der Waals surface area contributed by atoms with Crippen molar-refractivity contribution in [3.8, 4) is 0 Å². The molecule has 24 heavy (non-hydrogen) atoms. The summed E-state index contributed by atoms with van der Waals surface area (Å²) in [5.41, 5.74) is 3.80. The van der Waals surface area contributed by atoms with Crippen LogP contribution in [-0.2, 0) is 9.53 Å². The summed E-state index contributed by atoms with van der Waals surface area (Å²) in [7, 11) is 0. The van der Waals surface area contributed by atoms with Crippen molar-refractivity contribution in [3.05, 3.63) is 69.2 Å². The molecule has 0 bridgehead atoms. The zero-order valence-corrected chi connectivity index (χ0v) is 15.5. The molecule has 2 rings (SSSR count). The number of halogens is 1. The zero-order valence-electron chi connectivity index (χ0n) is 13.9. The van der Waals surface area contributed by atoms with Gasteiger partial charge < -0.3 is 10.1 Å². The van der Waals surface area contributed by atoms with Gasteiger partial charge in [-0.25, -0.2) is 4.79 Å². The monoisotopic (exact) mass is 389 g/mol. The van der Waals surface area contributed by atoms with Gasteiger partial charge in [0.25, 0.3) is 5.91 Å². The summed E-state index contributed by atoms with van der Waals surface area (Å²) in [5, 5.41) is 2.84. The summed E-state index contributed by atoms with van der Waals surface area (Å²) in [4.78, 5) is 24.0. The molecule has 0 aliphatic heterocycles. The highest BCUT2D eigenvalue weighted by Crippen LogP contribution is 2.18. The number of benzene rings is 2. The van der Waals surface area contributed by atoms with E-state index in [0.717, 1.165) is 5.56 Å². The first-order chi connectivity index (χ1) is 11.4. The Morgan fingerprint density at radius 1 is 1.12 bits per heavy atom. The predicted octanol–water partition coefficient (Wildman–Crippen LogP) is 4.10. The van der Waals surface area contributed by atoms with Crippen LogP contribution in [0.3, 0.4) is 0 Å². The van der Waals surface area contributed by atoms with Crippen molar-refractivity contribution in [3.63, 3.8) is 0 Å². The highest BCUT2D eigenvalue weighted by atomic mass is 79.9. The second kappa shape index (κ2) is 8.11. The highest BCUT2D eigenvalue weighted by molar-refractivity contribution is 9.10. The lowest BCUT2D eigenvalue weighted by Gasteiger charge is -2.16. The number of hydrogen-bond acceptors (Lipinski definition) is 3. The van der Waals surface area contributed by atoms with Crippen molar-refractivity contribution < 1.29 is 14.3 Å². The molecule has 2 aromatic carbocycles. The van der Waals surface area contributed by atoms with Crippen molar-refractivity contribution in [2.75, 3.05) is 6.61 Å². The molecule has 1 amide bonds. The molecule has 0 aromatic heterocycles. The van der Waals surface area contributed by atoms with Gasteiger partial charge in [-0.05, 0) is 65.5 Å². The molecule has 0 fully saturated rings. The molecule has 2 aromatic rings. The largest absolute Gasteiger partial charge is 0.452 e. The number of carbonyl (C=O) groups excluding carboxylic acids is 2. The van der Waals surface area contributed by atoms with E-state index < -0.39 is 5.97 Å². The summed E-state index contributed by atoms with van der Waals surface area (Å²) in [6, 6.07) is 12.8. The van der Waals surface area contributed by atoms with E-state index in [1.807, 2.05) is 39.0 Å². The quantitative estimate of drug-likeness (QED) is 0.783. The average molecular weight is 390 g/mol. The fourth-order valence-electron chi connectivity index (χ4n) is 2.24. The number of esters is 1. The maximum Gasteiger partial charge on any atom is 0.339 e. The minimum Gasteiger partial charge on any atom is -0.452 e. The van der Waals surface area contributed by atoms with Crippen LogP contribution in [-0.4, -0.2) is 18.5 Å². The summed E-state index contributed by atoms with van der Waals surface area (Å²) in [5.74, 6) is -0.863. The molecular weight excluding hydrogens is 370 g/mol. The van der Waals surface area contributed by atoms with E-state index in [1.165, 1.54) is 11.1 Å². The SMILES string of the molecule is Cc1ccc([C@@H](C)NC(=O)COC(=O)c2ccccc2Br)cc1C. The molecule has 4 nitrogen and oxygen atoms in total. The molecule has 0 radical (unpaired) electrons. The molecule has 0 saturated heterocycles. The van der Waals surface area contributed by atoms with Gasteiger partial charge in [0.1, 0.15) is 0 Å². The third-order valence-corrected chi connectivity index (χ3v) is 4.53. The van der Waals surface area contributed by atoms with Gasteiger partial charge in [0.15, 0.2) is 6.61 Å². The first-order valence-corrected chi connectivity index (χ1v) is 8.46. The highest BCUT2D eigenvalue weighted by Gasteiger charge is 2.15. The molecule has 0 saturated carbocycles. The lowest BCUT2D eigenvalue weighted by atomic mass is 10.0. The fourth-order valence-corrected chi connectivity index (χ4v) is 2.68. The van der Waals surface area contributed by atoms with Crippen LogP contribution in [0.1, 0.15) is 40.0 Å². The van der Waals surface area contributed by atoms with E-state index in [1.54, 1.807) is 24.3 Å². The van der Waals surface area contributed by atoms with Crippen LogP contribution in [0.2, 0.25) is 0 Å². The Balaban J connectivity index is 1.90. The van der Waals surface area contributed by atoms with Gasteiger partial charge in [-0.3, -0.25) is 4.79 Å². The lowest BCUT2D eigenvalue weighted by molar-refractivity contribution is -0.124. The van der Waals surface area contributed by atoms with Crippen LogP contribution in [0.15, 0.2) is 46.9 Å². The second-order valence-electron chi connectivity index (χ2n) is 5.69. The number of amides is 1. The number of rotatable bonds is 5. The molecule has 1 N–H and O–H groups in total. The molecule has 126 valence electrons. The van der Waals surface area contributed by atoms with E-state index in [2.05, 4.69) is 21.2 Å². The Morgan fingerprint density at radius 3 is 2.50 bits per heavy atom. The molecule has 5 heteroatoms. The summed E-state index contributed by atoms with van der Waals surface area (Å²) in [6.45, 7) is 5.67. The minimum atomic E-state index is -0.531. The molecule has 0 unspecified atom stereocenters. The van der Waals surface area contributed by atoms with Crippen LogP contribution in [0.4, 0.5) is 0 Å². The number of ether oxygens (including phenoxy) is 1. The molecule has 1 atom stereocenters. The van der Waals surface area contributed by atoms with Gasteiger partial charge in [0.2, 0.25) is 0 Å². The summed E-state index contributed by atoms with van der Waals surface area (Å²) < 4.78 is 5.71. The topological polar surface area (TPSA) is 55.4 Å². The molecule has 0 aliphatic rings. The van der Waals surface area contributed by atoms with Gasteiger partial charge in [-0.2, -0.15) is 0 Å². The molecule has 0 aliphatic carbocycles. The Labute approximate surface area is 150 Å².